The van der Waals surface area contributed by atoms with Gasteiger partial charge in [0.15, 0.2) is 0 Å². The van der Waals surface area contributed by atoms with Crippen molar-refractivity contribution in [2.75, 3.05) is 0 Å². The first-order valence-electron chi connectivity index (χ1n) is 6.59. The second-order valence-electron chi connectivity index (χ2n) is 5.90. The zero-order chi connectivity index (χ0) is 14.8. The van der Waals surface area contributed by atoms with Crippen LogP contribution in [0.25, 0.3) is 0 Å². The molecule has 0 saturated heterocycles. The summed E-state index contributed by atoms with van der Waals surface area (Å²) in [6, 6.07) is 9.10. The number of benzene rings is 1. The Morgan fingerprint density at radius 3 is 2.55 bits per heavy atom. The lowest BCUT2D eigenvalue weighted by atomic mass is 9.85. The number of rotatable bonds is 4. The Hall–Kier alpha value is -0.900. The van der Waals surface area contributed by atoms with Gasteiger partial charge in [-0.15, -0.1) is 11.3 Å². The van der Waals surface area contributed by atoms with Crippen LogP contribution in [0.15, 0.2) is 35.7 Å². The maximum absolute atomic E-state index is 13.8. The van der Waals surface area contributed by atoms with E-state index in [1.807, 2.05) is 6.07 Å². The predicted molar refractivity (Wildman–Crippen MR) is 84.8 cm³/mol. The molecule has 0 aliphatic carbocycles. The van der Waals surface area contributed by atoms with Crippen molar-refractivity contribution < 1.29 is 4.39 Å². The lowest BCUT2D eigenvalue weighted by Crippen LogP contribution is -2.31. The summed E-state index contributed by atoms with van der Waals surface area (Å²) in [5.74, 6) is -0.260. The van der Waals surface area contributed by atoms with Gasteiger partial charge in [-0.3, -0.25) is 0 Å². The first-order valence-corrected chi connectivity index (χ1v) is 7.85. The molecule has 1 nitrogen and oxygen atoms in total. The minimum Gasteiger partial charge on any atom is -0.305 e. The molecule has 0 amide bonds. The SMILES string of the molecule is CC(C)(C)C(NCc1c(F)cccc1Cl)c1cccs1. The number of thiophene rings is 1. The van der Waals surface area contributed by atoms with Gasteiger partial charge in [0, 0.05) is 28.0 Å². The summed E-state index contributed by atoms with van der Waals surface area (Å²) in [5, 5.41) is 5.98. The summed E-state index contributed by atoms with van der Waals surface area (Å²) in [6.45, 7) is 6.94. The van der Waals surface area contributed by atoms with Crippen LogP contribution in [0.5, 0.6) is 0 Å². The second-order valence-corrected chi connectivity index (χ2v) is 7.28. The van der Waals surface area contributed by atoms with Crippen LogP contribution >= 0.6 is 22.9 Å². The molecule has 2 aromatic rings. The van der Waals surface area contributed by atoms with Gasteiger partial charge in [-0.2, -0.15) is 0 Å². The number of hydrogen-bond donors (Lipinski definition) is 1. The zero-order valence-corrected chi connectivity index (χ0v) is 13.5. The Morgan fingerprint density at radius 1 is 1.25 bits per heavy atom. The highest BCUT2D eigenvalue weighted by Crippen LogP contribution is 2.35. The third-order valence-electron chi connectivity index (χ3n) is 3.24. The van der Waals surface area contributed by atoms with E-state index in [1.54, 1.807) is 23.5 Å². The first-order chi connectivity index (χ1) is 9.39. The van der Waals surface area contributed by atoms with Gasteiger partial charge in [0.1, 0.15) is 5.82 Å². The molecule has 0 radical (unpaired) electrons. The molecular formula is C16H19ClFNS. The highest BCUT2D eigenvalue weighted by molar-refractivity contribution is 7.10. The molecule has 1 aromatic carbocycles. The van der Waals surface area contributed by atoms with E-state index in [-0.39, 0.29) is 17.3 Å². The van der Waals surface area contributed by atoms with E-state index in [4.69, 9.17) is 11.6 Å². The summed E-state index contributed by atoms with van der Waals surface area (Å²) >= 11 is 7.79. The Bertz CT molecular complexity index is 540. The van der Waals surface area contributed by atoms with Gasteiger partial charge in [-0.25, -0.2) is 4.39 Å². The van der Waals surface area contributed by atoms with Crippen molar-refractivity contribution in [2.45, 2.75) is 33.4 Å². The van der Waals surface area contributed by atoms with E-state index in [0.29, 0.717) is 17.1 Å². The second kappa shape index (κ2) is 6.25. The van der Waals surface area contributed by atoms with Gasteiger partial charge in [-0.1, -0.05) is 44.5 Å². The molecule has 0 aliphatic heterocycles. The third kappa shape index (κ3) is 3.60. The smallest absolute Gasteiger partial charge is 0.129 e. The fourth-order valence-electron chi connectivity index (χ4n) is 2.19. The van der Waals surface area contributed by atoms with Gasteiger partial charge >= 0.3 is 0 Å². The first kappa shape index (κ1) is 15.5. The largest absolute Gasteiger partial charge is 0.305 e. The molecule has 2 rings (SSSR count). The van der Waals surface area contributed by atoms with Crippen molar-refractivity contribution in [3.05, 3.63) is 57.0 Å². The van der Waals surface area contributed by atoms with E-state index in [9.17, 15) is 4.39 Å². The molecule has 0 fully saturated rings. The fraction of sp³-hybridized carbons (Fsp3) is 0.375. The molecular weight excluding hydrogens is 293 g/mol. The number of halogens is 2. The quantitative estimate of drug-likeness (QED) is 0.795. The van der Waals surface area contributed by atoms with Crippen LogP contribution in [-0.2, 0) is 6.54 Å². The van der Waals surface area contributed by atoms with Crippen molar-refractivity contribution in [1.82, 2.24) is 5.32 Å². The van der Waals surface area contributed by atoms with Gasteiger partial charge in [0.25, 0.3) is 0 Å². The fourth-order valence-corrected chi connectivity index (χ4v) is 3.47. The van der Waals surface area contributed by atoms with Crippen molar-refractivity contribution in [3.63, 3.8) is 0 Å². The molecule has 1 N–H and O–H groups in total. The van der Waals surface area contributed by atoms with Crippen LogP contribution in [-0.4, -0.2) is 0 Å². The van der Waals surface area contributed by atoms with Crippen LogP contribution < -0.4 is 5.32 Å². The Morgan fingerprint density at radius 2 is 2.00 bits per heavy atom. The van der Waals surface area contributed by atoms with E-state index in [1.165, 1.54) is 10.9 Å². The third-order valence-corrected chi connectivity index (χ3v) is 4.53. The van der Waals surface area contributed by atoms with Crippen molar-refractivity contribution in [2.24, 2.45) is 5.41 Å². The van der Waals surface area contributed by atoms with Gasteiger partial charge in [0.05, 0.1) is 0 Å². The average molecular weight is 312 g/mol. The zero-order valence-electron chi connectivity index (χ0n) is 11.9. The Balaban J connectivity index is 2.18. The normalized spacial score (nSPS) is 13.4. The predicted octanol–water partition coefficient (Wildman–Crippen LogP) is 5.42. The average Bonchev–Trinajstić information content (AvgIpc) is 2.84. The highest BCUT2D eigenvalue weighted by atomic mass is 35.5. The molecule has 108 valence electrons. The maximum Gasteiger partial charge on any atom is 0.129 e. The van der Waals surface area contributed by atoms with E-state index >= 15 is 0 Å². The summed E-state index contributed by atoms with van der Waals surface area (Å²) in [6.07, 6.45) is 0. The van der Waals surface area contributed by atoms with E-state index in [0.717, 1.165) is 0 Å². The van der Waals surface area contributed by atoms with Crippen molar-refractivity contribution >= 4 is 22.9 Å². The molecule has 0 spiro atoms. The summed E-state index contributed by atoms with van der Waals surface area (Å²) in [7, 11) is 0. The standard InChI is InChI=1S/C16H19ClFNS/c1-16(2,3)15(14-8-5-9-20-14)19-10-11-12(17)6-4-7-13(11)18/h4-9,15,19H,10H2,1-3H3. The topological polar surface area (TPSA) is 12.0 Å². The molecule has 0 aliphatic rings. The Kier molecular flexibility index (Phi) is 4.84. The lowest BCUT2D eigenvalue weighted by molar-refractivity contribution is 0.274. The molecule has 4 heteroatoms. The lowest BCUT2D eigenvalue weighted by Gasteiger charge is -2.31. The summed E-state index contributed by atoms with van der Waals surface area (Å²) in [4.78, 5) is 1.25. The molecule has 20 heavy (non-hydrogen) atoms. The Labute approximate surface area is 128 Å². The summed E-state index contributed by atoms with van der Waals surface area (Å²) < 4.78 is 13.8. The molecule has 0 bridgehead atoms. The van der Waals surface area contributed by atoms with Crippen LogP contribution in [0.1, 0.15) is 37.3 Å². The van der Waals surface area contributed by atoms with Crippen molar-refractivity contribution in [3.8, 4) is 0 Å². The van der Waals surface area contributed by atoms with Crippen LogP contribution in [0.2, 0.25) is 5.02 Å². The summed E-state index contributed by atoms with van der Waals surface area (Å²) in [5.41, 5.74) is 0.572. The van der Waals surface area contributed by atoms with E-state index < -0.39 is 0 Å². The van der Waals surface area contributed by atoms with Gasteiger partial charge in [0.2, 0.25) is 0 Å². The number of hydrogen-bond acceptors (Lipinski definition) is 2. The molecule has 1 heterocycles. The van der Waals surface area contributed by atoms with Gasteiger partial charge < -0.3 is 5.32 Å². The van der Waals surface area contributed by atoms with Gasteiger partial charge in [-0.05, 0) is 29.0 Å². The minimum atomic E-state index is -0.260. The number of nitrogens with one attached hydrogen (secondary N) is 1. The van der Waals surface area contributed by atoms with Crippen molar-refractivity contribution in [1.29, 1.82) is 0 Å². The maximum atomic E-state index is 13.8. The molecule has 1 aromatic heterocycles. The van der Waals surface area contributed by atoms with Crippen LogP contribution in [0.3, 0.4) is 0 Å². The minimum absolute atomic E-state index is 0.0442. The monoisotopic (exact) mass is 311 g/mol. The van der Waals surface area contributed by atoms with Crippen LogP contribution in [0, 0.1) is 11.2 Å². The molecule has 1 atom stereocenters. The molecule has 1 unspecified atom stereocenters. The molecule has 0 saturated carbocycles. The highest BCUT2D eigenvalue weighted by Gasteiger charge is 2.27. The van der Waals surface area contributed by atoms with E-state index in [2.05, 4.69) is 37.5 Å². The van der Waals surface area contributed by atoms with Crippen LogP contribution in [0.4, 0.5) is 4.39 Å².